The quantitative estimate of drug-likeness (QED) is 0.748. The predicted molar refractivity (Wildman–Crippen MR) is 92.2 cm³/mol. The third kappa shape index (κ3) is 3.78. The summed E-state index contributed by atoms with van der Waals surface area (Å²) in [6, 6.07) is 2.81. The first-order chi connectivity index (χ1) is 11.9. The number of ether oxygens (including phenoxy) is 1. The molecule has 0 saturated carbocycles. The normalized spacial score (nSPS) is 24.8. The minimum atomic E-state index is -3.70. The Hall–Kier alpha value is -1.71. The fraction of sp³-hybridized carbons (Fsp3) is 0.625. The summed E-state index contributed by atoms with van der Waals surface area (Å²) in [6.45, 7) is 1.54. The van der Waals surface area contributed by atoms with Crippen molar-refractivity contribution in [2.75, 3.05) is 33.7 Å². The summed E-state index contributed by atoms with van der Waals surface area (Å²) in [4.78, 5) is 18.6. The lowest BCUT2D eigenvalue weighted by Crippen LogP contribution is -2.50. The first kappa shape index (κ1) is 18.1. The van der Waals surface area contributed by atoms with Gasteiger partial charge in [-0.05, 0) is 25.0 Å². The van der Waals surface area contributed by atoms with Gasteiger partial charge < -0.3 is 9.64 Å². The molecule has 0 bridgehead atoms. The van der Waals surface area contributed by atoms with Gasteiger partial charge in [0.1, 0.15) is 17.9 Å². The molecule has 0 aliphatic carbocycles. The smallest absolute Gasteiger partial charge is 0.282 e. The fourth-order valence-corrected chi connectivity index (χ4v) is 4.57. The van der Waals surface area contributed by atoms with Crippen LogP contribution in [0.5, 0.6) is 5.75 Å². The molecule has 9 heteroatoms. The minimum Gasteiger partial charge on any atom is -0.487 e. The highest BCUT2D eigenvalue weighted by Crippen LogP contribution is 2.28. The number of amides is 1. The van der Waals surface area contributed by atoms with Crippen LogP contribution in [0.4, 0.5) is 0 Å². The van der Waals surface area contributed by atoms with Gasteiger partial charge in [-0.15, -0.1) is 0 Å². The SMILES string of the molecule is CN(C)S(=O)(=O)N1C[C@@H](Oc2cccnc2)C[C@H]1C(=O)N1CCCC1. The molecule has 2 aliphatic heterocycles. The molecule has 2 fully saturated rings. The minimum absolute atomic E-state index is 0.125. The summed E-state index contributed by atoms with van der Waals surface area (Å²) in [5.41, 5.74) is 0. The zero-order valence-corrected chi connectivity index (χ0v) is 15.4. The lowest BCUT2D eigenvalue weighted by Gasteiger charge is -2.28. The standard InChI is InChI=1S/C16H24N4O4S/c1-18(2)25(22,23)20-12-14(24-13-6-5-7-17-11-13)10-15(20)16(21)19-8-3-4-9-19/h5-7,11,14-15H,3-4,8-10,12H2,1-2H3/t14-,15-/m0/s1. The van der Waals surface area contributed by atoms with E-state index >= 15 is 0 Å². The van der Waals surface area contributed by atoms with E-state index in [1.54, 1.807) is 29.4 Å². The van der Waals surface area contributed by atoms with Crippen LogP contribution >= 0.6 is 0 Å². The van der Waals surface area contributed by atoms with E-state index in [1.165, 1.54) is 18.4 Å². The highest BCUT2D eigenvalue weighted by molar-refractivity contribution is 7.86. The Kier molecular flexibility index (Phi) is 5.26. The van der Waals surface area contributed by atoms with Gasteiger partial charge in [-0.25, -0.2) is 0 Å². The molecule has 138 valence electrons. The van der Waals surface area contributed by atoms with Gasteiger partial charge in [0.2, 0.25) is 5.91 Å². The van der Waals surface area contributed by atoms with Crippen molar-refractivity contribution in [3.63, 3.8) is 0 Å². The first-order valence-corrected chi connectivity index (χ1v) is 9.84. The molecule has 1 amide bonds. The second-order valence-corrected chi connectivity index (χ2v) is 8.67. The molecular weight excluding hydrogens is 344 g/mol. The fourth-order valence-electron chi connectivity index (χ4n) is 3.30. The van der Waals surface area contributed by atoms with Crippen LogP contribution in [0.2, 0.25) is 0 Å². The number of aromatic nitrogens is 1. The summed E-state index contributed by atoms with van der Waals surface area (Å²) in [7, 11) is -0.754. The van der Waals surface area contributed by atoms with Crippen molar-refractivity contribution in [1.82, 2.24) is 18.5 Å². The molecule has 3 rings (SSSR count). The van der Waals surface area contributed by atoms with Crippen LogP contribution in [0, 0.1) is 0 Å². The molecule has 0 N–H and O–H groups in total. The van der Waals surface area contributed by atoms with Gasteiger partial charge in [0.05, 0.1) is 12.7 Å². The van der Waals surface area contributed by atoms with E-state index in [9.17, 15) is 13.2 Å². The van der Waals surface area contributed by atoms with Crippen molar-refractivity contribution < 1.29 is 17.9 Å². The summed E-state index contributed by atoms with van der Waals surface area (Å²) in [5, 5.41) is 0. The Bertz CT molecular complexity index is 704. The highest BCUT2D eigenvalue weighted by atomic mass is 32.2. The zero-order chi connectivity index (χ0) is 18.0. The molecule has 0 aromatic carbocycles. The Morgan fingerprint density at radius 3 is 2.64 bits per heavy atom. The molecule has 0 radical (unpaired) electrons. The van der Waals surface area contributed by atoms with E-state index in [-0.39, 0.29) is 18.6 Å². The Balaban J connectivity index is 1.81. The van der Waals surface area contributed by atoms with Crippen LogP contribution in [0.15, 0.2) is 24.5 Å². The van der Waals surface area contributed by atoms with Gasteiger partial charge in [-0.3, -0.25) is 9.78 Å². The monoisotopic (exact) mass is 368 g/mol. The maximum Gasteiger partial charge on any atom is 0.282 e. The molecule has 0 spiro atoms. The lowest BCUT2D eigenvalue weighted by atomic mass is 10.2. The first-order valence-electron chi connectivity index (χ1n) is 8.44. The second kappa shape index (κ2) is 7.27. The maximum atomic E-state index is 12.9. The van der Waals surface area contributed by atoms with Crippen LogP contribution in [-0.4, -0.2) is 78.7 Å². The Morgan fingerprint density at radius 1 is 1.32 bits per heavy atom. The lowest BCUT2D eigenvalue weighted by molar-refractivity contribution is -0.133. The molecule has 2 atom stereocenters. The van der Waals surface area contributed by atoms with Crippen molar-refractivity contribution in [2.24, 2.45) is 0 Å². The number of likely N-dealkylation sites (tertiary alicyclic amines) is 1. The van der Waals surface area contributed by atoms with Crippen molar-refractivity contribution in [3.8, 4) is 5.75 Å². The van der Waals surface area contributed by atoms with E-state index in [0.29, 0.717) is 25.3 Å². The van der Waals surface area contributed by atoms with Gasteiger partial charge in [0.15, 0.2) is 0 Å². The average molecular weight is 368 g/mol. The van der Waals surface area contributed by atoms with Gasteiger partial charge in [0.25, 0.3) is 10.2 Å². The third-order valence-corrected chi connectivity index (χ3v) is 6.53. The van der Waals surface area contributed by atoms with Crippen LogP contribution < -0.4 is 4.74 Å². The summed E-state index contributed by atoms with van der Waals surface area (Å²) < 4.78 is 33.6. The Morgan fingerprint density at radius 2 is 2.04 bits per heavy atom. The number of carbonyl (C=O) groups excluding carboxylic acids is 1. The largest absolute Gasteiger partial charge is 0.487 e. The summed E-state index contributed by atoms with van der Waals surface area (Å²) in [6.07, 6.45) is 5.13. The number of pyridine rings is 1. The predicted octanol–water partition coefficient (Wildman–Crippen LogP) is 0.332. The topological polar surface area (TPSA) is 83.0 Å². The number of hydrogen-bond donors (Lipinski definition) is 0. The van der Waals surface area contributed by atoms with Crippen molar-refractivity contribution in [1.29, 1.82) is 0 Å². The third-order valence-electron chi connectivity index (χ3n) is 4.62. The molecule has 8 nitrogen and oxygen atoms in total. The number of rotatable bonds is 5. The molecule has 1 aromatic rings. The molecule has 25 heavy (non-hydrogen) atoms. The molecule has 1 aromatic heterocycles. The number of nitrogens with zero attached hydrogens (tertiary/aromatic N) is 4. The second-order valence-electron chi connectivity index (χ2n) is 6.57. The average Bonchev–Trinajstić information content (AvgIpc) is 3.25. The van der Waals surface area contributed by atoms with Crippen molar-refractivity contribution in [3.05, 3.63) is 24.5 Å². The van der Waals surface area contributed by atoms with E-state index in [2.05, 4.69) is 4.98 Å². The van der Waals surface area contributed by atoms with Gasteiger partial charge >= 0.3 is 0 Å². The van der Waals surface area contributed by atoms with E-state index < -0.39 is 16.3 Å². The van der Waals surface area contributed by atoms with Gasteiger partial charge in [-0.1, -0.05) is 0 Å². The molecular formula is C16H24N4O4S. The zero-order valence-electron chi connectivity index (χ0n) is 14.5. The number of hydrogen-bond acceptors (Lipinski definition) is 5. The molecule has 0 unspecified atom stereocenters. The van der Waals surface area contributed by atoms with Gasteiger partial charge in [-0.2, -0.15) is 17.0 Å². The van der Waals surface area contributed by atoms with Crippen LogP contribution in [-0.2, 0) is 15.0 Å². The van der Waals surface area contributed by atoms with E-state index in [4.69, 9.17) is 4.74 Å². The van der Waals surface area contributed by atoms with Crippen LogP contribution in [0.1, 0.15) is 19.3 Å². The molecule has 2 saturated heterocycles. The summed E-state index contributed by atoms with van der Waals surface area (Å²) in [5.74, 6) is 0.448. The summed E-state index contributed by atoms with van der Waals surface area (Å²) >= 11 is 0. The highest BCUT2D eigenvalue weighted by Gasteiger charge is 2.46. The van der Waals surface area contributed by atoms with E-state index in [0.717, 1.165) is 17.1 Å². The Labute approximate surface area is 148 Å². The van der Waals surface area contributed by atoms with Crippen LogP contribution in [0.3, 0.4) is 0 Å². The molecule has 2 aliphatic rings. The number of carbonyl (C=O) groups is 1. The van der Waals surface area contributed by atoms with Crippen LogP contribution in [0.25, 0.3) is 0 Å². The molecule has 3 heterocycles. The van der Waals surface area contributed by atoms with Crippen molar-refractivity contribution in [2.45, 2.75) is 31.4 Å². The van der Waals surface area contributed by atoms with Crippen molar-refractivity contribution >= 4 is 16.1 Å². The van der Waals surface area contributed by atoms with Gasteiger partial charge in [0, 0.05) is 39.8 Å². The maximum absolute atomic E-state index is 12.9. The van der Waals surface area contributed by atoms with E-state index in [1.807, 2.05) is 0 Å².